The van der Waals surface area contributed by atoms with Crippen LogP contribution in [0, 0.1) is 5.92 Å². The van der Waals surface area contributed by atoms with Gasteiger partial charge in [0, 0.05) is 50.9 Å². The maximum absolute atomic E-state index is 13.1. The van der Waals surface area contributed by atoms with Gasteiger partial charge in [-0.15, -0.1) is 0 Å². The molecule has 4 heterocycles. The van der Waals surface area contributed by atoms with Crippen LogP contribution in [-0.4, -0.2) is 44.9 Å². The molecule has 3 aromatic rings. The number of piperidine rings is 1. The molecule has 1 saturated heterocycles. The number of fused-ring (bicyclic) bond motifs is 2. The predicted octanol–water partition coefficient (Wildman–Crippen LogP) is 3.34. The van der Waals surface area contributed by atoms with Crippen LogP contribution in [0.5, 0.6) is 0 Å². The maximum Gasteiger partial charge on any atom is 0.419 e. The molecule has 5 rings (SSSR count). The van der Waals surface area contributed by atoms with E-state index >= 15 is 0 Å². The van der Waals surface area contributed by atoms with Gasteiger partial charge in [0.15, 0.2) is 5.58 Å². The second-order valence-corrected chi connectivity index (χ2v) is 9.12. The molecule has 1 aromatic carbocycles. The van der Waals surface area contributed by atoms with Crippen molar-refractivity contribution in [2.75, 3.05) is 19.6 Å². The van der Waals surface area contributed by atoms with Gasteiger partial charge in [-0.25, -0.2) is 4.79 Å². The van der Waals surface area contributed by atoms with Gasteiger partial charge in [-0.1, -0.05) is 6.07 Å². The molecule has 180 valence electrons. The van der Waals surface area contributed by atoms with Crippen molar-refractivity contribution in [3.63, 3.8) is 0 Å². The minimum atomic E-state index is -4.45. The Morgan fingerprint density at radius 3 is 2.68 bits per heavy atom. The highest BCUT2D eigenvalue weighted by Crippen LogP contribution is 2.32. The van der Waals surface area contributed by atoms with Crippen molar-refractivity contribution >= 4 is 17.0 Å². The van der Waals surface area contributed by atoms with Crippen LogP contribution in [-0.2, 0) is 37.5 Å². The number of halogens is 3. The van der Waals surface area contributed by atoms with Crippen LogP contribution in [0.3, 0.4) is 0 Å². The van der Waals surface area contributed by atoms with Gasteiger partial charge in [-0.2, -0.15) is 13.2 Å². The fourth-order valence-electron chi connectivity index (χ4n) is 4.90. The third kappa shape index (κ3) is 4.34. The van der Waals surface area contributed by atoms with E-state index in [1.54, 1.807) is 11.9 Å². The summed E-state index contributed by atoms with van der Waals surface area (Å²) in [5, 5.41) is 0. The number of pyridine rings is 1. The lowest BCUT2D eigenvalue weighted by Gasteiger charge is -2.36. The van der Waals surface area contributed by atoms with Crippen LogP contribution in [0.4, 0.5) is 13.2 Å². The third-order valence-electron chi connectivity index (χ3n) is 6.88. The fourth-order valence-corrected chi connectivity index (χ4v) is 4.90. The van der Waals surface area contributed by atoms with Gasteiger partial charge >= 0.3 is 11.9 Å². The van der Waals surface area contributed by atoms with Crippen LogP contribution < -0.4 is 5.76 Å². The molecule has 0 aliphatic carbocycles. The lowest BCUT2D eigenvalue weighted by Crippen LogP contribution is -2.44. The predicted molar refractivity (Wildman–Crippen MR) is 118 cm³/mol. The number of hydrogen-bond donors (Lipinski definition) is 0. The summed E-state index contributed by atoms with van der Waals surface area (Å²) in [6.07, 6.45) is -1.71. The van der Waals surface area contributed by atoms with E-state index in [0.29, 0.717) is 49.2 Å². The molecule has 0 N–H and O–H groups in total. The average Bonchev–Trinajstić information content (AvgIpc) is 3.10. The summed E-state index contributed by atoms with van der Waals surface area (Å²) in [7, 11) is 1.67. The number of alkyl halides is 3. The number of aryl methyl sites for hydroxylation is 1. The molecule has 1 amide bonds. The number of amides is 1. The van der Waals surface area contributed by atoms with E-state index in [1.165, 1.54) is 4.57 Å². The van der Waals surface area contributed by atoms with Crippen molar-refractivity contribution in [1.82, 2.24) is 19.4 Å². The van der Waals surface area contributed by atoms with Crippen molar-refractivity contribution in [1.29, 1.82) is 0 Å². The van der Waals surface area contributed by atoms with Crippen molar-refractivity contribution < 1.29 is 22.4 Å². The number of hydrogen-bond acceptors (Lipinski definition) is 5. The van der Waals surface area contributed by atoms with Gasteiger partial charge in [0.1, 0.15) is 0 Å². The van der Waals surface area contributed by atoms with E-state index in [2.05, 4.69) is 9.88 Å². The molecule has 0 saturated carbocycles. The SMILES string of the molecule is Cn1c(=O)oc2cc(CN3CCC(C(=O)N4CCc5ncc(C(F)(F)F)cc5C4)CC3)ccc21. The van der Waals surface area contributed by atoms with E-state index in [0.717, 1.165) is 36.4 Å². The van der Waals surface area contributed by atoms with E-state index in [9.17, 15) is 22.8 Å². The lowest BCUT2D eigenvalue weighted by molar-refractivity contribution is -0.138. The topological polar surface area (TPSA) is 71.6 Å². The molecule has 34 heavy (non-hydrogen) atoms. The Morgan fingerprint density at radius 1 is 1.18 bits per heavy atom. The molecule has 0 radical (unpaired) electrons. The molecule has 0 atom stereocenters. The van der Waals surface area contributed by atoms with Crippen molar-refractivity contribution in [3.8, 4) is 0 Å². The zero-order valence-electron chi connectivity index (χ0n) is 18.8. The minimum absolute atomic E-state index is 0.00944. The highest BCUT2D eigenvalue weighted by Gasteiger charge is 2.34. The second-order valence-electron chi connectivity index (χ2n) is 9.12. The Kier molecular flexibility index (Phi) is 5.71. The largest absolute Gasteiger partial charge is 0.419 e. The molecule has 0 unspecified atom stereocenters. The number of carbonyl (C=O) groups excluding carboxylic acids is 1. The fraction of sp³-hybridized carbons (Fsp3) is 0.458. The first-order valence-corrected chi connectivity index (χ1v) is 11.3. The summed E-state index contributed by atoms with van der Waals surface area (Å²) in [6, 6.07) is 6.85. The number of nitrogens with zero attached hydrogens (tertiary/aromatic N) is 4. The molecular weight excluding hydrogens is 449 g/mol. The van der Waals surface area contributed by atoms with Gasteiger partial charge in [0.25, 0.3) is 0 Å². The Balaban J connectivity index is 1.19. The zero-order valence-corrected chi connectivity index (χ0v) is 18.8. The summed E-state index contributed by atoms with van der Waals surface area (Å²) < 4.78 is 45.9. The molecule has 2 aromatic heterocycles. The molecule has 0 bridgehead atoms. The normalized spacial score (nSPS) is 17.8. The first kappa shape index (κ1) is 22.6. The standard InChI is InChI=1S/C24H25F3N4O3/c1-29-20-3-2-15(10-21(20)34-23(29)33)13-30-7-4-16(5-8-30)22(32)31-9-6-19-17(14-31)11-18(12-28-19)24(25,26)27/h2-3,10-12,16H,4-9,13-14H2,1H3. The monoisotopic (exact) mass is 474 g/mol. The van der Waals surface area contributed by atoms with Gasteiger partial charge in [0.05, 0.1) is 11.1 Å². The van der Waals surface area contributed by atoms with E-state index < -0.39 is 17.5 Å². The van der Waals surface area contributed by atoms with Gasteiger partial charge < -0.3 is 9.32 Å². The van der Waals surface area contributed by atoms with Crippen molar-refractivity contribution in [2.45, 2.75) is 38.5 Å². The number of likely N-dealkylation sites (tertiary alicyclic amines) is 1. The molecule has 0 spiro atoms. The van der Waals surface area contributed by atoms with E-state index in [1.807, 2.05) is 18.2 Å². The zero-order chi connectivity index (χ0) is 24.0. The van der Waals surface area contributed by atoms with Gasteiger partial charge in [0.2, 0.25) is 5.91 Å². The maximum atomic E-state index is 13.1. The Bertz CT molecular complexity index is 1290. The summed E-state index contributed by atoms with van der Waals surface area (Å²) >= 11 is 0. The Labute approximate surface area is 193 Å². The molecular formula is C24H25F3N4O3. The number of carbonyl (C=O) groups is 1. The van der Waals surface area contributed by atoms with Crippen LogP contribution in [0.15, 0.2) is 39.7 Å². The van der Waals surface area contributed by atoms with Crippen molar-refractivity contribution in [2.24, 2.45) is 13.0 Å². The first-order valence-electron chi connectivity index (χ1n) is 11.3. The van der Waals surface area contributed by atoms with Crippen LogP contribution in [0.2, 0.25) is 0 Å². The minimum Gasteiger partial charge on any atom is -0.408 e. The van der Waals surface area contributed by atoms with E-state index in [-0.39, 0.29) is 18.4 Å². The second kappa shape index (κ2) is 8.57. The molecule has 7 nitrogen and oxygen atoms in total. The summed E-state index contributed by atoms with van der Waals surface area (Å²) in [5.74, 6) is -0.515. The smallest absolute Gasteiger partial charge is 0.408 e. The Morgan fingerprint density at radius 2 is 1.94 bits per heavy atom. The highest BCUT2D eigenvalue weighted by molar-refractivity contribution is 5.79. The Hall–Kier alpha value is -3.14. The highest BCUT2D eigenvalue weighted by atomic mass is 19.4. The average molecular weight is 474 g/mol. The number of oxazole rings is 1. The van der Waals surface area contributed by atoms with Crippen molar-refractivity contribution in [3.05, 3.63) is 63.4 Å². The lowest BCUT2D eigenvalue weighted by atomic mass is 9.93. The number of rotatable bonds is 3. The quantitative estimate of drug-likeness (QED) is 0.582. The third-order valence-corrected chi connectivity index (χ3v) is 6.88. The van der Waals surface area contributed by atoms with Gasteiger partial charge in [-0.05, 0) is 55.3 Å². The summed E-state index contributed by atoms with van der Waals surface area (Å²) in [5.41, 5.74) is 2.68. The summed E-state index contributed by atoms with van der Waals surface area (Å²) in [6.45, 7) is 2.84. The number of aromatic nitrogens is 2. The van der Waals surface area contributed by atoms with Gasteiger partial charge in [-0.3, -0.25) is 19.2 Å². The van der Waals surface area contributed by atoms with Crippen LogP contribution >= 0.6 is 0 Å². The van der Waals surface area contributed by atoms with Crippen LogP contribution in [0.1, 0.15) is 35.2 Å². The first-order chi connectivity index (χ1) is 16.2. The summed E-state index contributed by atoms with van der Waals surface area (Å²) in [4.78, 5) is 32.7. The number of benzene rings is 1. The molecule has 2 aliphatic rings. The van der Waals surface area contributed by atoms with Crippen LogP contribution in [0.25, 0.3) is 11.1 Å². The van der Waals surface area contributed by atoms with E-state index in [4.69, 9.17) is 4.42 Å². The molecule has 2 aliphatic heterocycles. The molecule has 10 heteroatoms. The molecule has 1 fully saturated rings.